The van der Waals surface area contributed by atoms with Crippen LogP contribution in [0.2, 0.25) is 0 Å². The van der Waals surface area contributed by atoms with Crippen molar-refractivity contribution >= 4 is 44.9 Å². The summed E-state index contributed by atoms with van der Waals surface area (Å²) in [5.41, 5.74) is 6.14. The van der Waals surface area contributed by atoms with Crippen molar-refractivity contribution in [2.24, 2.45) is 0 Å². The average molecular weight is 425 g/mol. The summed E-state index contributed by atoms with van der Waals surface area (Å²) in [5, 5.41) is 0. The van der Waals surface area contributed by atoms with Crippen molar-refractivity contribution in [3.8, 4) is 0 Å². The van der Waals surface area contributed by atoms with Crippen molar-refractivity contribution in [3.05, 3.63) is 86.6 Å². The molecular weight excluding hydrogens is 408 g/mol. The number of carbonyl (C=O) groups excluding carboxylic acids is 1. The number of benzene rings is 2. The normalized spacial score (nSPS) is 11.0. The Morgan fingerprint density at radius 1 is 1.10 bits per heavy atom. The van der Waals surface area contributed by atoms with E-state index in [2.05, 4.69) is 9.97 Å². The molecule has 2 aromatic carbocycles. The maximum absolute atomic E-state index is 12.7. The van der Waals surface area contributed by atoms with Crippen LogP contribution < -0.4 is 17.0 Å². The highest BCUT2D eigenvalue weighted by Gasteiger charge is 2.20. The molecule has 0 atom stereocenters. The number of thiazole rings is 1. The molecule has 9 heteroatoms. The second-order valence-electron chi connectivity index (χ2n) is 6.25. The van der Waals surface area contributed by atoms with Gasteiger partial charge < -0.3 is 5.73 Å². The lowest BCUT2D eigenvalue weighted by Gasteiger charge is -2.12. The largest absolute Gasteiger partial charge is 0.384 e. The van der Waals surface area contributed by atoms with E-state index in [0.717, 1.165) is 20.1 Å². The van der Waals surface area contributed by atoms with E-state index >= 15 is 0 Å². The third kappa shape index (κ3) is 4.01. The van der Waals surface area contributed by atoms with Gasteiger partial charge >= 0.3 is 5.69 Å². The summed E-state index contributed by atoms with van der Waals surface area (Å²) in [7, 11) is 0. The number of para-hydroxylation sites is 1. The monoisotopic (exact) mass is 424 g/mol. The Morgan fingerprint density at radius 3 is 2.59 bits per heavy atom. The standard InChI is InChI=1S/C20H16N4O3S2/c21-17-16(14(25)11-28-20-22-13-8-4-5-9-15(13)29-20)18(26)23-19(27)24(17)10-12-6-2-1-3-7-12/h1-9H,10-11,21H2,(H,23,26,27). The maximum atomic E-state index is 12.7. The number of rotatable bonds is 6. The fourth-order valence-electron chi connectivity index (χ4n) is 2.89. The number of hydrogen-bond donors (Lipinski definition) is 2. The highest BCUT2D eigenvalue weighted by Crippen LogP contribution is 2.29. The van der Waals surface area contributed by atoms with E-state index in [-0.39, 0.29) is 23.7 Å². The fourth-order valence-corrected chi connectivity index (χ4v) is 4.83. The molecule has 0 aliphatic heterocycles. The van der Waals surface area contributed by atoms with Gasteiger partial charge in [0.25, 0.3) is 5.56 Å². The molecule has 29 heavy (non-hydrogen) atoms. The Balaban J connectivity index is 1.59. The predicted molar refractivity (Wildman–Crippen MR) is 116 cm³/mol. The molecule has 0 aliphatic rings. The van der Waals surface area contributed by atoms with E-state index < -0.39 is 17.0 Å². The molecule has 0 saturated carbocycles. The zero-order valence-corrected chi connectivity index (χ0v) is 16.8. The first-order valence-electron chi connectivity index (χ1n) is 8.71. The number of H-pyrrole nitrogens is 1. The number of nitrogen functional groups attached to an aromatic ring is 1. The Hall–Kier alpha value is -3.17. The predicted octanol–water partition coefficient (Wildman–Crippen LogP) is 2.75. The summed E-state index contributed by atoms with van der Waals surface area (Å²) < 4.78 is 2.95. The second-order valence-corrected chi connectivity index (χ2v) is 8.50. The van der Waals surface area contributed by atoms with Gasteiger partial charge in [0, 0.05) is 0 Å². The number of nitrogens with zero attached hydrogens (tertiary/aromatic N) is 2. The average Bonchev–Trinajstić information content (AvgIpc) is 3.13. The molecule has 4 rings (SSSR count). The van der Waals surface area contributed by atoms with E-state index in [1.807, 2.05) is 54.6 Å². The molecule has 4 aromatic rings. The zero-order valence-electron chi connectivity index (χ0n) is 15.1. The number of Topliss-reactive ketones (excluding diaryl/α,β-unsaturated/α-hetero) is 1. The molecule has 0 fully saturated rings. The number of ketones is 1. The van der Waals surface area contributed by atoms with Gasteiger partial charge in [-0.1, -0.05) is 54.2 Å². The molecule has 0 bridgehead atoms. The lowest BCUT2D eigenvalue weighted by Crippen LogP contribution is -2.36. The van der Waals surface area contributed by atoms with Gasteiger partial charge in [-0.2, -0.15) is 0 Å². The first kappa shape index (κ1) is 19.2. The summed E-state index contributed by atoms with van der Waals surface area (Å²) in [6, 6.07) is 16.9. The minimum Gasteiger partial charge on any atom is -0.384 e. The minimum atomic E-state index is -0.772. The molecule has 0 aliphatic carbocycles. The number of carbonyl (C=O) groups is 1. The van der Waals surface area contributed by atoms with Crippen molar-refractivity contribution in [3.63, 3.8) is 0 Å². The van der Waals surface area contributed by atoms with Crippen LogP contribution in [0, 0.1) is 0 Å². The topological polar surface area (TPSA) is 111 Å². The van der Waals surface area contributed by atoms with Crippen molar-refractivity contribution in [2.45, 2.75) is 10.9 Å². The summed E-state index contributed by atoms with van der Waals surface area (Å²) in [6.45, 7) is 0.160. The number of hydrogen-bond acceptors (Lipinski definition) is 7. The lowest BCUT2D eigenvalue weighted by atomic mass is 10.2. The van der Waals surface area contributed by atoms with Gasteiger partial charge in [-0.25, -0.2) is 9.78 Å². The van der Waals surface area contributed by atoms with Crippen LogP contribution in [0.15, 0.2) is 68.5 Å². The van der Waals surface area contributed by atoms with E-state index in [0.29, 0.717) is 0 Å². The molecule has 0 spiro atoms. The first-order chi connectivity index (χ1) is 14.0. The minimum absolute atomic E-state index is 0.00333. The van der Waals surface area contributed by atoms with E-state index in [4.69, 9.17) is 5.73 Å². The summed E-state index contributed by atoms with van der Waals surface area (Å²) >= 11 is 2.72. The molecule has 3 N–H and O–H groups in total. The Bertz CT molecular complexity index is 1280. The van der Waals surface area contributed by atoms with Gasteiger partial charge in [0.15, 0.2) is 10.1 Å². The molecule has 0 amide bonds. The van der Waals surface area contributed by atoms with Crippen molar-refractivity contribution in [1.82, 2.24) is 14.5 Å². The van der Waals surface area contributed by atoms with Crippen LogP contribution in [0.1, 0.15) is 15.9 Å². The molecular formula is C20H16N4O3S2. The fraction of sp³-hybridized carbons (Fsp3) is 0.100. The number of nitrogens with two attached hydrogens (primary N) is 1. The SMILES string of the molecule is Nc1c(C(=O)CSc2nc3ccccc3s2)c(=O)[nH]c(=O)n1Cc1ccccc1. The van der Waals surface area contributed by atoms with Gasteiger partial charge in [0.1, 0.15) is 11.4 Å². The van der Waals surface area contributed by atoms with Crippen LogP contribution >= 0.6 is 23.1 Å². The van der Waals surface area contributed by atoms with Gasteiger partial charge in [-0.15, -0.1) is 11.3 Å². The van der Waals surface area contributed by atoms with E-state index in [1.165, 1.54) is 27.7 Å². The highest BCUT2D eigenvalue weighted by atomic mass is 32.2. The number of fused-ring (bicyclic) bond motifs is 1. The Labute approximate surface area is 173 Å². The Morgan fingerprint density at radius 2 is 1.83 bits per heavy atom. The van der Waals surface area contributed by atoms with Crippen LogP contribution in [0.25, 0.3) is 10.2 Å². The second kappa shape index (κ2) is 8.06. The lowest BCUT2D eigenvalue weighted by molar-refractivity contribution is 0.102. The van der Waals surface area contributed by atoms with Crippen LogP contribution in [0.5, 0.6) is 0 Å². The van der Waals surface area contributed by atoms with Crippen molar-refractivity contribution < 1.29 is 4.79 Å². The van der Waals surface area contributed by atoms with E-state index in [1.54, 1.807) is 0 Å². The van der Waals surface area contributed by atoms with Gasteiger partial charge in [-0.05, 0) is 17.7 Å². The van der Waals surface area contributed by atoms with Crippen LogP contribution in [-0.4, -0.2) is 26.1 Å². The Kier molecular flexibility index (Phi) is 5.32. The van der Waals surface area contributed by atoms with Gasteiger partial charge in [0.05, 0.1) is 22.5 Å². The number of thioether (sulfide) groups is 1. The van der Waals surface area contributed by atoms with Crippen LogP contribution in [0.4, 0.5) is 5.82 Å². The maximum Gasteiger partial charge on any atom is 0.330 e. The molecule has 2 aromatic heterocycles. The number of anilines is 1. The molecule has 2 heterocycles. The smallest absolute Gasteiger partial charge is 0.330 e. The summed E-state index contributed by atoms with van der Waals surface area (Å²) in [4.78, 5) is 43.9. The summed E-state index contributed by atoms with van der Waals surface area (Å²) in [5.74, 6) is -0.580. The van der Waals surface area contributed by atoms with Crippen molar-refractivity contribution in [1.29, 1.82) is 0 Å². The number of aromatic nitrogens is 3. The molecule has 0 unspecified atom stereocenters. The highest BCUT2D eigenvalue weighted by molar-refractivity contribution is 8.01. The molecule has 0 radical (unpaired) electrons. The van der Waals surface area contributed by atoms with Crippen LogP contribution in [-0.2, 0) is 6.54 Å². The van der Waals surface area contributed by atoms with Crippen LogP contribution in [0.3, 0.4) is 0 Å². The quantitative estimate of drug-likeness (QED) is 0.364. The zero-order chi connectivity index (χ0) is 20.4. The molecule has 7 nitrogen and oxygen atoms in total. The van der Waals surface area contributed by atoms with Gasteiger partial charge in [-0.3, -0.25) is 19.1 Å². The van der Waals surface area contributed by atoms with Crippen molar-refractivity contribution in [2.75, 3.05) is 11.5 Å². The number of nitrogens with one attached hydrogen (secondary N) is 1. The first-order valence-corrected chi connectivity index (χ1v) is 10.5. The third-order valence-electron chi connectivity index (χ3n) is 4.30. The molecule has 146 valence electrons. The summed E-state index contributed by atoms with van der Waals surface area (Å²) in [6.07, 6.45) is 0. The number of aromatic amines is 1. The van der Waals surface area contributed by atoms with Gasteiger partial charge in [0.2, 0.25) is 0 Å². The third-order valence-corrected chi connectivity index (χ3v) is 6.48. The van der Waals surface area contributed by atoms with E-state index in [9.17, 15) is 14.4 Å². The molecule has 0 saturated heterocycles.